The van der Waals surface area contributed by atoms with Gasteiger partial charge in [0.05, 0.1) is 19.2 Å². The van der Waals surface area contributed by atoms with E-state index in [0.29, 0.717) is 6.42 Å². The molecule has 0 aliphatic carbocycles. The van der Waals surface area contributed by atoms with E-state index in [2.05, 4.69) is 21.3 Å². The number of methoxy groups -OCH3 is 1. The van der Waals surface area contributed by atoms with Crippen molar-refractivity contribution in [2.75, 3.05) is 20.2 Å². The molecule has 0 spiro atoms. The molecule has 5 heteroatoms. The monoisotopic (exact) mass is 339 g/mol. The van der Waals surface area contributed by atoms with Gasteiger partial charge in [0, 0.05) is 37.4 Å². The van der Waals surface area contributed by atoms with E-state index in [1.165, 1.54) is 0 Å². The number of hydrogen-bond donors (Lipinski definition) is 1. The van der Waals surface area contributed by atoms with Gasteiger partial charge in [0.25, 0.3) is 0 Å². The van der Waals surface area contributed by atoms with Crippen LogP contribution in [-0.4, -0.2) is 42.0 Å². The third kappa shape index (κ3) is 5.03. The first kappa shape index (κ1) is 17.4. The number of ether oxygens (including phenoxy) is 1. The highest BCUT2D eigenvalue weighted by Gasteiger charge is 2.21. The fraction of sp³-hybridized carbons (Fsp3) is 0.400. The van der Waals surface area contributed by atoms with Crippen LogP contribution < -0.4 is 10.1 Å². The Morgan fingerprint density at radius 2 is 1.96 bits per heavy atom. The van der Waals surface area contributed by atoms with Crippen molar-refractivity contribution < 1.29 is 9.53 Å². The molecule has 1 aliphatic rings. The van der Waals surface area contributed by atoms with Crippen LogP contribution >= 0.6 is 0 Å². The second kappa shape index (κ2) is 8.62. The van der Waals surface area contributed by atoms with Crippen LogP contribution in [0.3, 0.4) is 0 Å². The van der Waals surface area contributed by atoms with Gasteiger partial charge in [0.15, 0.2) is 0 Å². The number of para-hydroxylation sites is 1. The molecule has 0 radical (unpaired) electrons. The Bertz CT molecular complexity index is 682. The van der Waals surface area contributed by atoms with Crippen molar-refractivity contribution in [3.05, 3.63) is 59.9 Å². The Balaban J connectivity index is 1.45. The third-order valence-electron chi connectivity index (χ3n) is 4.61. The van der Waals surface area contributed by atoms with E-state index in [1.807, 2.05) is 42.6 Å². The molecule has 1 N–H and O–H groups in total. The number of likely N-dealkylation sites (tertiary alicyclic amines) is 1. The van der Waals surface area contributed by atoms with Crippen molar-refractivity contribution in [3.8, 4) is 5.75 Å². The molecule has 3 rings (SSSR count). The van der Waals surface area contributed by atoms with Crippen LogP contribution in [0.4, 0.5) is 0 Å². The number of benzene rings is 1. The molecule has 0 atom stereocenters. The molecule has 1 fully saturated rings. The predicted octanol–water partition coefficient (Wildman–Crippen LogP) is 2.41. The minimum absolute atomic E-state index is 0.0627. The van der Waals surface area contributed by atoms with Crippen LogP contribution in [0.15, 0.2) is 48.7 Å². The Morgan fingerprint density at radius 3 is 2.68 bits per heavy atom. The number of carbonyl (C=O) groups is 1. The number of amides is 1. The summed E-state index contributed by atoms with van der Waals surface area (Å²) >= 11 is 0. The number of nitrogens with one attached hydrogen (secondary N) is 1. The van der Waals surface area contributed by atoms with E-state index < -0.39 is 0 Å². The summed E-state index contributed by atoms with van der Waals surface area (Å²) in [4.78, 5) is 19.1. The minimum Gasteiger partial charge on any atom is -0.496 e. The zero-order chi connectivity index (χ0) is 17.5. The zero-order valence-electron chi connectivity index (χ0n) is 14.6. The summed E-state index contributed by atoms with van der Waals surface area (Å²) in [5, 5.41) is 3.17. The third-order valence-corrected chi connectivity index (χ3v) is 4.61. The van der Waals surface area contributed by atoms with Crippen LogP contribution in [-0.2, 0) is 17.8 Å². The topological polar surface area (TPSA) is 54.5 Å². The number of aromatic nitrogens is 1. The summed E-state index contributed by atoms with van der Waals surface area (Å²) in [6, 6.07) is 13.9. The average Bonchev–Trinajstić information content (AvgIpc) is 2.64. The molecule has 1 saturated heterocycles. The lowest BCUT2D eigenvalue weighted by Gasteiger charge is -2.32. The van der Waals surface area contributed by atoms with Crippen molar-refractivity contribution >= 4 is 5.91 Å². The lowest BCUT2D eigenvalue weighted by molar-refractivity contribution is -0.121. The highest BCUT2D eigenvalue weighted by Crippen LogP contribution is 2.18. The number of hydrogen-bond acceptors (Lipinski definition) is 4. The van der Waals surface area contributed by atoms with Crippen LogP contribution in [0.25, 0.3) is 0 Å². The summed E-state index contributed by atoms with van der Waals surface area (Å²) in [6.07, 6.45) is 4.15. The van der Waals surface area contributed by atoms with Crippen LogP contribution in [0.1, 0.15) is 24.1 Å². The summed E-state index contributed by atoms with van der Waals surface area (Å²) in [6.45, 7) is 2.84. The largest absolute Gasteiger partial charge is 0.496 e. The second-order valence-electron chi connectivity index (χ2n) is 6.43. The fourth-order valence-corrected chi connectivity index (χ4v) is 3.26. The van der Waals surface area contributed by atoms with Crippen molar-refractivity contribution in [2.45, 2.75) is 31.8 Å². The van der Waals surface area contributed by atoms with Gasteiger partial charge < -0.3 is 10.1 Å². The zero-order valence-corrected chi connectivity index (χ0v) is 14.6. The lowest BCUT2D eigenvalue weighted by Crippen LogP contribution is -2.44. The number of nitrogens with zero attached hydrogens (tertiary/aromatic N) is 2. The maximum absolute atomic E-state index is 12.3. The molecule has 1 aromatic heterocycles. The molecule has 1 aliphatic heterocycles. The SMILES string of the molecule is COc1ccccc1CC(=O)NC1CCN(Cc2ccccn2)CC1. The van der Waals surface area contributed by atoms with E-state index in [4.69, 9.17) is 4.74 Å². The standard InChI is InChI=1S/C20H25N3O2/c1-25-19-8-3-2-6-16(19)14-20(24)22-17-9-12-23(13-10-17)15-18-7-4-5-11-21-18/h2-8,11,17H,9-10,12-15H2,1H3,(H,22,24). The molecule has 0 unspecified atom stereocenters. The molecule has 1 aromatic carbocycles. The van der Waals surface area contributed by atoms with Gasteiger partial charge in [0.2, 0.25) is 5.91 Å². The summed E-state index contributed by atoms with van der Waals surface area (Å²) in [5.74, 6) is 0.829. The molecule has 25 heavy (non-hydrogen) atoms. The molecule has 2 aromatic rings. The number of pyridine rings is 1. The molecule has 2 heterocycles. The fourth-order valence-electron chi connectivity index (χ4n) is 3.26. The van der Waals surface area contributed by atoms with Gasteiger partial charge in [-0.1, -0.05) is 24.3 Å². The van der Waals surface area contributed by atoms with Gasteiger partial charge in [-0.3, -0.25) is 14.7 Å². The Hall–Kier alpha value is -2.40. The van der Waals surface area contributed by atoms with Gasteiger partial charge >= 0.3 is 0 Å². The minimum atomic E-state index is 0.0627. The molecular weight excluding hydrogens is 314 g/mol. The Labute approximate surface area is 149 Å². The lowest BCUT2D eigenvalue weighted by atomic mass is 10.0. The molecule has 0 bridgehead atoms. The van der Waals surface area contributed by atoms with Gasteiger partial charge in [-0.25, -0.2) is 0 Å². The Morgan fingerprint density at radius 1 is 1.20 bits per heavy atom. The molecule has 132 valence electrons. The van der Waals surface area contributed by atoms with Gasteiger partial charge in [0.1, 0.15) is 5.75 Å². The number of carbonyl (C=O) groups excluding carboxylic acids is 1. The van der Waals surface area contributed by atoms with E-state index in [0.717, 1.165) is 49.5 Å². The van der Waals surface area contributed by atoms with Crippen LogP contribution in [0, 0.1) is 0 Å². The molecule has 0 saturated carbocycles. The Kier molecular flexibility index (Phi) is 6.01. The highest BCUT2D eigenvalue weighted by molar-refractivity contribution is 5.79. The van der Waals surface area contributed by atoms with Gasteiger partial charge in [-0.15, -0.1) is 0 Å². The van der Waals surface area contributed by atoms with Crippen molar-refractivity contribution in [3.63, 3.8) is 0 Å². The molecular formula is C20H25N3O2. The van der Waals surface area contributed by atoms with Gasteiger partial charge in [-0.05, 0) is 31.0 Å². The highest BCUT2D eigenvalue weighted by atomic mass is 16.5. The first-order valence-corrected chi connectivity index (χ1v) is 8.78. The summed E-state index contributed by atoms with van der Waals surface area (Å²) in [5.41, 5.74) is 2.02. The van der Waals surface area contributed by atoms with E-state index in [9.17, 15) is 4.79 Å². The van der Waals surface area contributed by atoms with Crippen molar-refractivity contribution in [2.24, 2.45) is 0 Å². The molecule has 1 amide bonds. The number of piperidine rings is 1. The first-order valence-electron chi connectivity index (χ1n) is 8.78. The maximum Gasteiger partial charge on any atom is 0.224 e. The van der Waals surface area contributed by atoms with Gasteiger partial charge in [-0.2, -0.15) is 0 Å². The van der Waals surface area contributed by atoms with E-state index in [1.54, 1.807) is 7.11 Å². The van der Waals surface area contributed by atoms with E-state index in [-0.39, 0.29) is 11.9 Å². The summed E-state index contributed by atoms with van der Waals surface area (Å²) in [7, 11) is 1.63. The first-order chi connectivity index (χ1) is 12.2. The second-order valence-corrected chi connectivity index (χ2v) is 6.43. The smallest absolute Gasteiger partial charge is 0.224 e. The summed E-state index contributed by atoms with van der Waals surface area (Å²) < 4.78 is 5.31. The van der Waals surface area contributed by atoms with Crippen LogP contribution in [0.2, 0.25) is 0 Å². The average molecular weight is 339 g/mol. The normalized spacial score (nSPS) is 15.7. The maximum atomic E-state index is 12.3. The quantitative estimate of drug-likeness (QED) is 0.878. The van der Waals surface area contributed by atoms with Crippen molar-refractivity contribution in [1.29, 1.82) is 0 Å². The number of rotatable bonds is 6. The van der Waals surface area contributed by atoms with E-state index >= 15 is 0 Å². The van der Waals surface area contributed by atoms with Crippen LogP contribution in [0.5, 0.6) is 5.75 Å². The molecule has 5 nitrogen and oxygen atoms in total. The van der Waals surface area contributed by atoms with Crippen molar-refractivity contribution in [1.82, 2.24) is 15.2 Å². The predicted molar refractivity (Wildman–Crippen MR) is 97.4 cm³/mol.